The summed E-state index contributed by atoms with van der Waals surface area (Å²) >= 11 is 0. The number of ether oxygens (including phenoxy) is 1. The van der Waals surface area contributed by atoms with Gasteiger partial charge < -0.3 is 15.2 Å². The third-order valence-electron chi connectivity index (χ3n) is 2.25. The fourth-order valence-electron chi connectivity index (χ4n) is 1.48. The molecular weight excluding hydrogens is 216 g/mol. The molecule has 1 amide bonds. The number of phenolic OH excluding ortho intramolecular Hbond substituents is 1. The Balaban J connectivity index is 2.35. The van der Waals surface area contributed by atoms with E-state index in [1.54, 1.807) is 0 Å². The lowest BCUT2D eigenvalue weighted by Crippen LogP contribution is -2.12. The molecule has 1 aliphatic rings. The van der Waals surface area contributed by atoms with Crippen LogP contribution in [0.2, 0.25) is 0 Å². The first-order valence-electron chi connectivity index (χ1n) is 4.49. The molecule has 2 rings (SSSR count). The molecule has 7 nitrogen and oxygen atoms in total. The van der Waals surface area contributed by atoms with Crippen molar-refractivity contribution < 1.29 is 19.6 Å². The zero-order valence-corrected chi connectivity index (χ0v) is 8.04. The van der Waals surface area contributed by atoms with Gasteiger partial charge in [-0.3, -0.25) is 10.1 Å². The Morgan fingerprint density at radius 3 is 2.88 bits per heavy atom. The smallest absolute Gasteiger partial charge is 0.407 e. The summed E-state index contributed by atoms with van der Waals surface area (Å²) in [4.78, 5) is 20.8. The van der Waals surface area contributed by atoms with Crippen LogP contribution in [-0.4, -0.2) is 22.7 Å². The number of hydrogen-bond acceptors (Lipinski definition) is 5. The van der Waals surface area contributed by atoms with Crippen LogP contribution in [0.3, 0.4) is 0 Å². The number of aromatic hydroxyl groups is 1. The molecule has 1 unspecified atom stereocenters. The van der Waals surface area contributed by atoms with Crippen molar-refractivity contribution >= 4 is 11.8 Å². The molecule has 1 fully saturated rings. The molecule has 0 saturated carbocycles. The van der Waals surface area contributed by atoms with Crippen molar-refractivity contribution in [2.75, 3.05) is 6.54 Å². The number of carbonyl (C=O) groups excluding carboxylic acids is 1. The molecule has 16 heavy (non-hydrogen) atoms. The van der Waals surface area contributed by atoms with Gasteiger partial charge in [-0.15, -0.1) is 0 Å². The van der Waals surface area contributed by atoms with E-state index < -0.39 is 17.1 Å². The van der Waals surface area contributed by atoms with Crippen LogP contribution in [0, 0.1) is 10.1 Å². The van der Waals surface area contributed by atoms with Gasteiger partial charge in [0.05, 0.1) is 11.5 Å². The molecule has 1 aromatic carbocycles. The number of amides is 1. The average molecular weight is 224 g/mol. The van der Waals surface area contributed by atoms with Crippen molar-refractivity contribution in [3.05, 3.63) is 33.9 Å². The van der Waals surface area contributed by atoms with Crippen molar-refractivity contribution in [2.45, 2.75) is 6.10 Å². The maximum absolute atomic E-state index is 10.8. The summed E-state index contributed by atoms with van der Waals surface area (Å²) in [7, 11) is 0. The summed E-state index contributed by atoms with van der Waals surface area (Å²) < 4.78 is 4.83. The Morgan fingerprint density at radius 2 is 2.31 bits per heavy atom. The minimum atomic E-state index is -0.688. The monoisotopic (exact) mass is 224 g/mol. The molecule has 1 atom stereocenters. The standard InChI is InChI=1S/C9H8N2O5/c12-7-2-1-5(11(14)15)3-6(7)8-4-10-9(13)16-8/h1-3,8,12H,4H2,(H,10,13). The number of rotatable bonds is 2. The summed E-state index contributed by atoms with van der Waals surface area (Å²) in [6, 6.07) is 3.59. The van der Waals surface area contributed by atoms with Crippen LogP contribution in [0.5, 0.6) is 5.75 Å². The Kier molecular flexibility index (Phi) is 2.35. The molecular formula is C9H8N2O5. The molecule has 1 saturated heterocycles. The van der Waals surface area contributed by atoms with Crippen LogP contribution in [0.4, 0.5) is 10.5 Å². The number of cyclic esters (lactones) is 1. The van der Waals surface area contributed by atoms with Crippen molar-refractivity contribution in [1.82, 2.24) is 5.32 Å². The predicted octanol–water partition coefficient (Wildman–Crippen LogP) is 1.08. The number of hydrogen-bond donors (Lipinski definition) is 2. The summed E-state index contributed by atoms with van der Waals surface area (Å²) in [6.45, 7) is 0.188. The summed E-state index contributed by atoms with van der Waals surface area (Å²) in [5.41, 5.74) is 0.0725. The molecule has 0 aromatic heterocycles. The van der Waals surface area contributed by atoms with Gasteiger partial charge in [0.2, 0.25) is 0 Å². The van der Waals surface area contributed by atoms with Crippen molar-refractivity contribution in [3.8, 4) is 5.75 Å². The van der Waals surface area contributed by atoms with E-state index >= 15 is 0 Å². The number of benzene rings is 1. The SMILES string of the molecule is O=C1NCC(c2cc([N+](=O)[O-])ccc2O)O1. The summed E-state index contributed by atoms with van der Waals surface area (Å²) in [6.07, 6.45) is -1.29. The first-order valence-corrected chi connectivity index (χ1v) is 4.49. The van der Waals surface area contributed by atoms with Crippen LogP contribution < -0.4 is 5.32 Å². The minimum Gasteiger partial charge on any atom is -0.508 e. The first kappa shape index (κ1) is 10.2. The maximum atomic E-state index is 10.8. The van der Waals surface area contributed by atoms with E-state index in [1.807, 2.05) is 0 Å². The van der Waals surface area contributed by atoms with Crippen molar-refractivity contribution in [2.24, 2.45) is 0 Å². The Labute approximate surface area is 89.8 Å². The van der Waals surface area contributed by atoms with Crippen LogP contribution in [0.1, 0.15) is 11.7 Å². The van der Waals surface area contributed by atoms with E-state index in [0.717, 1.165) is 0 Å². The molecule has 7 heteroatoms. The lowest BCUT2D eigenvalue weighted by Gasteiger charge is -2.09. The van der Waals surface area contributed by atoms with E-state index in [4.69, 9.17) is 4.74 Å². The molecule has 0 aliphatic carbocycles. The number of nitro benzene ring substituents is 1. The lowest BCUT2D eigenvalue weighted by molar-refractivity contribution is -0.385. The van der Waals surface area contributed by atoms with E-state index in [1.165, 1.54) is 18.2 Å². The Morgan fingerprint density at radius 1 is 1.56 bits per heavy atom. The summed E-state index contributed by atoms with van der Waals surface area (Å²) in [5, 5.41) is 22.5. The van der Waals surface area contributed by atoms with E-state index in [9.17, 15) is 20.0 Å². The van der Waals surface area contributed by atoms with Crippen LogP contribution >= 0.6 is 0 Å². The molecule has 2 N–H and O–H groups in total. The highest BCUT2D eigenvalue weighted by atomic mass is 16.6. The van der Waals surface area contributed by atoms with Crippen LogP contribution in [-0.2, 0) is 4.74 Å². The fourth-order valence-corrected chi connectivity index (χ4v) is 1.48. The number of phenols is 1. The predicted molar refractivity (Wildman–Crippen MR) is 52.0 cm³/mol. The molecule has 84 valence electrons. The van der Waals surface area contributed by atoms with Gasteiger partial charge in [0.25, 0.3) is 5.69 Å². The molecule has 1 heterocycles. The lowest BCUT2D eigenvalue weighted by atomic mass is 10.1. The highest BCUT2D eigenvalue weighted by Gasteiger charge is 2.27. The Hall–Kier alpha value is -2.31. The molecule has 0 bridgehead atoms. The van der Waals surface area contributed by atoms with Gasteiger partial charge in [-0.25, -0.2) is 4.79 Å². The second kappa shape index (κ2) is 3.69. The molecule has 0 radical (unpaired) electrons. The fraction of sp³-hybridized carbons (Fsp3) is 0.222. The topological polar surface area (TPSA) is 102 Å². The number of nitrogens with zero attached hydrogens (tertiary/aromatic N) is 1. The minimum absolute atomic E-state index is 0.132. The quantitative estimate of drug-likeness (QED) is 0.578. The highest BCUT2D eigenvalue weighted by Crippen LogP contribution is 2.31. The van der Waals surface area contributed by atoms with Gasteiger partial charge in [0, 0.05) is 17.7 Å². The highest BCUT2D eigenvalue weighted by molar-refractivity contribution is 5.70. The van der Waals surface area contributed by atoms with Gasteiger partial charge >= 0.3 is 6.09 Å². The molecule has 0 spiro atoms. The number of nitro groups is 1. The maximum Gasteiger partial charge on any atom is 0.407 e. The van der Waals surface area contributed by atoms with E-state index in [0.29, 0.717) is 0 Å². The van der Waals surface area contributed by atoms with Gasteiger partial charge in [-0.05, 0) is 6.07 Å². The van der Waals surface area contributed by atoms with Crippen molar-refractivity contribution in [3.63, 3.8) is 0 Å². The number of nitrogens with one attached hydrogen (secondary N) is 1. The number of non-ortho nitro benzene ring substituents is 1. The second-order valence-corrected chi connectivity index (χ2v) is 3.28. The number of carbonyl (C=O) groups is 1. The van der Waals surface area contributed by atoms with Crippen molar-refractivity contribution in [1.29, 1.82) is 0 Å². The first-order chi connectivity index (χ1) is 7.58. The van der Waals surface area contributed by atoms with Gasteiger partial charge in [-0.2, -0.15) is 0 Å². The van der Waals surface area contributed by atoms with Gasteiger partial charge in [0.15, 0.2) is 0 Å². The van der Waals surface area contributed by atoms with Crippen LogP contribution in [0.25, 0.3) is 0 Å². The third-order valence-corrected chi connectivity index (χ3v) is 2.25. The normalized spacial score (nSPS) is 19.0. The zero-order chi connectivity index (χ0) is 11.7. The Bertz CT molecular complexity index is 459. The number of alkyl carbamates (subject to hydrolysis) is 1. The van der Waals surface area contributed by atoms with E-state index in [2.05, 4.69) is 5.32 Å². The third kappa shape index (κ3) is 1.74. The zero-order valence-electron chi connectivity index (χ0n) is 8.04. The molecule has 1 aromatic rings. The average Bonchev–Trinajstić information content (AvgIpc) is 2.65. The van der Waals surface area contributed by atoms with Gasteiger partial charge in [0.1, 0.15) is 11.9 Å². The summed E-state index contributed by atoms with van der Waals surface area (Å²) in [5.74, 6) is -0.132. The van der Waals surface area contributed by atoms with Crippen LogP contribution in [0.15, 0.2) is 18.2 Å². The molecule has 1 aliphatic heterocycles. The second-order valence-electron chi connectivity index (χ2n) is 3.28. The van der Waals surface area contributed by atoms with E-state index in [-0.39, 0.29) is 23.5 Å². The largest absolute Gasteiger partial charge is 0.508 e. The van der Waals surface area contributed by atoms with Gasteiger partial charge in [-0.1, -0.05) is 0 Å².